The molecule has 0 aromatic heterocycles. The molecule has 0 fully saturated rings. The minimum absolute atomic E-state index is 0.334. The van der Waals surface area contributed by atoms with E-state index in [2.05, 4.69) is 27.7 Å². The average Bonchev–Trinajstić information content (AvgIpc) is 2.04. The SMILES string of the molecule is CCC(CC)[C@@H](O)C[C@@H](O)CC(C)C. The van der Waals surface area contributed by atoms with E-state index in [4.69, 9.17) is 0 Å². The lowest BCUT2D eigenvalue weighted by Crippen LogP contribution is -2.25. The number of rotatable bonds is 7. The van der Waals surface area contributed by atoms with Gasteiger partial charge in [0.25, 0.3) is 0 Å². The van der Waals surface area contributed by atoms with E-state index in [1.165, 1.54) is 0 Å². The third-order valence-corrected chi connectivity index (χ3v) is 2.85. The summed E-state index contributed by atoms with van der Waals surface area (Å²) in [7, 11) is 0. The first-order chi connectivity index (χ1) is 6.51. The Morgan fingerprint density at radius 2 is 1.43 bits per heavy atom. The Morgan fingerprint density at radius 1 is 0.929 bits per heavy atom. The highest BCUT2D eigenvalue weighted by molar-refractivity contribution is 4.71. The first-order valence-electron chi connectivity index (χ1n) is 5.87. The van der Waals surface area contributed by atoms with Gasteiger partial charge in [-0.3, -0.25) is 0 Å². The number of aliphatic hydroxyl groups excluding tert-OH is 2. The molecule has 0 unspecified atom stereocenters. The molecule has 0 saturated carbocycles. The fourth-order valence-electron chi connectivity index (χ4n) is 1.94. The minimum Gasteiger partial charge on any atom is -0.393 e. The zero-order chi connectivity index (χ0) is 11.1. The molecule has 86 valence electrons. The van der Waals surface area contributed by atoms with Gasteiger partial charge in [-0.25, -0.2) is 0 Å². The van der Waals surface area contributed by atoms with E-state index >= 15 is 0 Å². The van der Waals surface area contributed by atoms with Crippen molar-refractivity contribution in [1.82, 2.24) is 0 Å². The highest BCUT2D eigenvalue weighted by Gasteiger charge is 2.19. The van der Waals surface area contributed by atoms with E-state index in [0.29, 0.717) is 18.3 Å². The van der Waals surface area contributed by atoms with Crippen LogP contribution in [0.1, 0.15) is 53.4 Å². The largest absolute Gasteiger partial charge is 0.393 e. The molecule has 0 aliphatic rings. The fourth-order valence-corrected chi connectivity index (χ4v) is 1.94. The van der Waals surface area contributed by atoms with Crippen molar-refractivity contribution in [2.45, 2.75) is 65.6 Å². The van der Waals surface area contributed by atoms with Gasteiger partial charge in [0.15, 0.2) is 0 Å². The van der Waals surface area contributed by atoms with Gasteiger partial charge >= 0.3 is 0 Å². The van der Waals surface area contributed by atoms with E-state index in [-0.39, 0.29) is 12.2 Å². The van der Waals surface area contributed by atoms with Gasteiger partial charge in [-0.1, -0.05) is 40.5 Å². The third kappa shape index (κ3) is 5.61. The lowest BCUT2D eigenvalue weighted by molar-refractivity contribution is 0.0331. The van der Waals surface area contributed by atoms with Crippen molar-refractivity contribution in [2.24, 2.45) is 11.8 Å². The van der Waals surface area contributed by atoms with E-state index in [9.17, 15) is 10.2 Å². The van der Waals surface area contributed by atoms with Crippen LogP contribution in [0.25, 0.3) is 0 Å². The van der Waals surface area contributed by atoms with Crippen LogP contribution in [0, 0.1) is 11.8 Å². The molecule has 14 heavy (non-hydrogen) atoms. The number of aliphatic hydroxyl groups is 2. The molecule has 0 heterocycles. The van der Waals surface area contributed by atoms with Gasteiger partial charge in [-0.05, 0) is 24.7 Å². The summed E-state index contributed by atoms with van der Waals surface area (Å²) in [5.74, 6) is 0.843. The predicted molar refractivity (Wildman–Crippen MR) is 60.2 cm³/mol. The molecule has 0 aromatic carbocycles. The Hall–Kier alpha value is -0.0800. The van der Waals surface area contributed by atoms with Gasteiger partial charge < -0.3 is 10.2 Å². The first kappa shape index (κ1) is 13.9. The zero-order valence-electron chi connectivity index (χ0n) is 10.0. The van der Waals surface area contributed by atoms with Crippen molar-refractivity contribution in [3.05, 3.63) is 0 Å². The molecule has 0 rings (SSSR count). The van der Waals surface area contributed by atoms with Crippen LogP contribution in [0.3, 0.4) is 0 Å². The summed E-state index contributed by atoms with van der Waals surface area (Å²) in [5, 5.41) is 19.5. The number of hydrogen-bond acceptors (Lipinski definition) is 2. The second-order valence-electron chi connectivity index (χ2n) is 4.66. The van der Waals surface area contributed by atoms with Crippen LogP contribution in [-0.4, -0.2) is 22.4 Å². The summed E-state index contributed by atoms with van der Waals surface area (Å²) in [6, 6.07) is 0. The quantitative estimate of drug-likeness (QED) is 0.666. The molecule has 0 saturated heterocycles. The van der Waals surface area contributed by atoms with Crippen LogP contribution in [0.5, 0.6) is 0 Å². The molecule has 0 amide bonds. The topological polar surface area (TPSA) is 40.5 Å². The van der Waals surface area contributed by atoms with Crippen molar-refractivity contribution >= 4 is 0 Å². The zero-order valence-corrected chi connectivity index (χ0v) is 10.0. The van der Waals surface area contributed by atoms with Crippen molar-refractivity contribution in [3.8, 4) is 0 Å². The summed E-state index contributed by atoms with van der Waals surface area (Å²) < 4.78 is 0. The van der Waals surface area contributed by atoms with Gasteiger partial charge in [-0.2, -0.15) is 0 Å². The van der Waals surface area contributed by atoms with Gasteiger partial charge in [0, 0.05) is 0 Å². The van der Waals surface area contributed by atoms with Crippen LogP contribution in [0.4, 0.5) is 0 Å². The van der Waals surface area contributed by atoms with Crippen LogP contribution in [0.2, 0.25) is 0 Å². The Kier molecular flexibility index (Phi) is 7.20. The maximum atomic E-state index is 9.83. The molecule has 0 aliphatic carbocycles. The van der Waals surface area contributed by atoms with Crippen LogP contribution in [0.15, 0.2) is 0 Å². The predicted octanol–water partition coefficient (Wildman–Crippen LogP) is 2.58. The Morgan fingerprint density at radius 3 is 1.79 bits per heavy atom. The van der Waals surface area contributed by atoms with E-state index in [1.807, 2.05) is 0 Å². The Labute approximate surface area is 88.3 Å². The minimum atomic E-state index is -0.342. The monoisotopic (exact) mass is 202 g/mol. The number of hydrogen-bond donors (Lipinski definition) is 2. The second kappa shape index (κ2) is 7.24. The van der Waals surface area contributed by atoms with Crippen LogP contribution < -0.4 is 0 Å². The summed E-state index contributed by atoms with van der Waals surface area (Å²) in [6.45, 7) is 8.36. The molecule has 2 N–H and O–H groups in total. The normalized spacial score (nSPS) is 16.3. The Bertz CT molecular complexity index is 130. The van der Waals surface area contributed by atoms with Gasteiger partial charge in [-0.15, -0.1) is 0 Å². The van der Waals surface area contributed by atoms with Gasteiger partial charge in [0.2, 0.25) is 0 Å². The highest BCUT2D eigenvalue weighted by Crippen LogP contribution is 2.19. The molecule has 2 nitrogen and oxygen atoms in total. The summed E-state index contributed by atoms with van der Waals surface area (Å²) in [6.07, 6.45) is 2.63. The molecule has 0 radical (unpaired) electrons. The van der Waals surface area contributed by atoms with E-state index in [1.54, 1.807) is 0 Å². The van der Waals surface area contributed by atoms with E-state index in [0.717, 1.165) is 19.3 Å². The second-order valence-corrected chi connectivity index (χ2v) is 4.66. The van der Waals surface area contributed by atoms with Gasteiger partial charge in [0.05, 0.1) is 12.2 Å². The van der Waals surface area contributed by atoms with Gasteiger partial charge in [0.1, 0.15) is 0 Å². The van der Waals surface area contributed by atoms with Crippen molar-refractivity contribution in [2.75, 3.05) is 0 Å². The maximum absolute atomic E-state index is 9.83. The average molecular weight is 202 g/mol. The molecule has 2 heteroatoms. The summed E-state index contributed by atoms with van der Waals surface area (Å²) >= 11 is 0. The Balaban J connectivity index is 3.84. The maximum Gasteiger partial charge on any atom is 0.0592 e. The molecule has 0 aliphatic heterocycles. The molecule has 0 spiro atoms. The van der Waals surface area contributed by atoms with Crippen LogP contribution in [-0.2, 0) is 0 Å². The fraction of sp³-hybridized carbons (Fsp3) is 1.00. The smallest absolute Gasteiger partial charge is 0.0592 e. The molecule has 0 bridgehead atoms. The van der Waals surface area contributed by atoms with Crippen molar-refractivity contribution in [1.29, 1.82) is 0 Å². The molecular weight excluding hydrogens is 176 g/mol. The highest BCUT2D eigenvalue weighted by atomic mass is 16.3. The van der Waals surface area contributed by atoms with E-state index < -0.39 is 0 Å². The summed E-state index contributed by atoms with van der Waals surface area (Å²) in [5.41, 5.74) is 0. The molecule has 0 aromatic rings. The molecular formula is C12H26O2. The third-order valence-electron chi connectivity index (χ3n) is 2.85. The standard InChI is InChI=1S/C12H26O2/c1-5-10(6-2)12(14)8-11(13)7-9(3)4/h9-14H,5-8H2,1-4H3/t11-,12-/m0/s1. The lowest BCUT2D eigenvalue weighted by atomic mass is 9.90. The van der Waals surface area contributed by atoms with Crippen LogP contribution >= 0.6 is 0 Å². The summed E-state index contributed by atoms with van der Waals surface area (Å²) in [4.78, 5) is 0. The lowest BCUT2D eigenvalue weighted by Gasteiger charge is -2.23. The molecule has 2 atom stereocenters. The first-order valence-corrected chi connectivity index (χ1v) is 5.87. The van der Waals surface area contributed by atoms with Crippen molar-refractivity contribution < 1.29 is 10.2 Å². The van der Waals surface area contributed by atoms with Crippen molar-refractivity contribution in [3.63, 3.8) is 0 Å².